The minimum atomic E-state index is -0.738. The number of carbonyl (C=O) groups is 2. The van der Waals surface area contributed by atoms with E-state index < -0.39 is 17.7 Å². The van der Waals surface area contributed by atoms with E-state index in [-0.39, 0.29) is 17.9 Å². The van der Waals surface area contributed by atoms with Crippen molar-refractivity contribution in [2.75, 3.05) is 6.61 Å². The molecule has 1 saturated heterocycles. The molecule has 3 aromatic rings. The molecule has 6 heteroatoms. The third-order valence-electron chi connectivity index (χ3n) is 6.10. The Morgan fingerprint density at radius 1 is 1.06 bits per heavy atom. The second-order valence-electron chi connectivity index (χ2n) is 8.95. The Morgan fingerprint density at radius 3 is 2.49 bits per heavy atom. The van der Waals surface area contributed by atoms with Crippen LogP contribution in [0.15, 0.2) is 78.5 Å². The Kier molecular flexibility index (Phi) is 7.30. The van der Waals surface area contributed by atoms with Gasteiger partial charge in [0, 0.05) is 11.8 Å². The molecular weight excluding hydrogens is 440 g/mol. The van der Waals surface area contributed by atoms with Crippen molar-refractivity contribution in [1.29, 1.82) is 0 Å². The van der Waals surface area contributed by atoms with Crippen LogP contribution >= 0.6 is 0 Å². The molecule has 1 atom stereocenters. The molecule has 4 rings (SSSR count). The molecule has 1 aliphatic heterocycles. The number of aliphatic hydroxyl groups is 1. The first-order valence-electron chi connectivity index (χ1n) is 11.9. The van der Waals surface area contributed by atoms with Gasteiger partial charge in [0.05, 0.1) is 30.5 Å². The van der Waals surface area contributed by atoms with Crippen LogP contribution in [0.25, 0.3) is 5.76 Å². The highest BCUT2D eigenvalue weighted by molar-refractivity contribution is 6.46. The molecule has 0 spiro atoms. The van der Waals surface area contributed by atoms with Crippen LogP contribution in [0, 0.1) is 0 Å². The van der Waals surface area contributed by atoms with Crippen LogP contribution in [-0.4, -0.2) is 33.3 Å². The van der Waals surface area contributed by atoms with E-state index in [9.17, 15) is 14.7 Å². The first-order valence-corrected chi connectivity index (χ1v) is 11.9. The number of ketones is 1. The summed E-state index contributed by atoms with van der Waals surface area (Å²) in [5.74, 6) is -0.650. The van der Waals surface area contributed by atoms with Gasteiger partial charge in [-0.1, -0.05) is 63.2 Å². The predicted molar refractivity (Wildman–Crippen MR) is 135 cm³/mol. The molecule has 1 aromatic heterocycles. The Morgan fingerprint density at radius 2 is 1.83 bits per heavy atom. The first-order chi connectivity index (χ1) is 16.9. The van der Waals surface area contributed by atoms with Crippen LogP contribution in [0.2, 0.25) is 0 Å². The van der Waals surface area contributed by atoms with Gasteiger partial charge in [-0.2, -0.15) is 0 Å². The number of hydrogen-bond donors (Lipinski definition) is 1. The number of Topliss-reactive ketones (excluding diaryl/α,β-unsaturated/α-hetero) is 1. The molecule has 2 aromatic carbocycles. The lowest BCUT2D eigenvalue weighted by Gasteiger charge is -2.25. The lowest BCUT2D eigenvalue weighted by Crippen LogP contribution is -2.29. The van der Waals surface area contributed by atoms with Crippen molar-refractivity contribution in [3.8, 4) is 5.75 Å². The molecule has 1 aliphatic rings. The summed E-state index contributed by atoms with van der Waals surface area (Å²) in [6.07, 6.45) is 2.50. The summed E-state index contributed by atoms with van der Waals surface area (Å²) in [7, 11) is 0. The maximum atomic E-state index is 13.3. The van der Waals surface area contributed by atoms with Crippen molar-refractivity contribution in [2.45, 2.75) is 45.7 Å². The second kappa shape index (κ2) is 10.6. The number of rotatable bonds is 8. The van der Waals surface area contributed by atoms with Crippen molar-refractivity contribution in [3.05, 3.63) is 101 Å². The van der Waals surface area contributed by atoms with Gasteiger partial charge in [-0.25, -0.2) is 0 Å². The van der Waals surface area contributed by atoms with Gasteiger partial charge in [0.15, 0.2) is 0 Å². The van der Waals surface area contributed by atoms with Gasteiger partial charge in [-0.3, -0.25) is 14.6 Å². The van der Waals surface area contributed by atoms with E-state index >= 15 is 0 Å². The smallest absolute Gasteiger partial charge is 0.296 e. The van der Waals surface area contributed by atoms with Crippen LogP contribution in [0.4, 0.5) is 0 Å². The molecule has 1 amide bonds. The van der Waals surface area contributed by atoms with Crippen molar-refractivity contribution in [3.63, 3.8) is 0 Å². The number of hydrogen-bond acceptors (Lipinski definition) is 5. The third kappa shape index (κ3) is 5.11. The molecule has 0 saturated carbocycles. The second-order valence-corrected chi connectivity index (χ2v) is 8.95. The van der Waals surface area contributed by atoms with Crippen LogP contribution in [0.1, 0.15) is 61.5 Å². The summed E-state index contributed by atoms with van der Waals surface area (Å²) < 4.78 is 5.70. The molecule has 0 aliphatic carbocycles. The molecule has 2 heterocycles. The molecule has 0 radical (unpaired) electrons. The minimum Gasteiger partial charge on any atom is -0.507 e. The number of likely N-dealkylation sites (tertiary alicyclic amines) is 1. The zero-order valence-electron chi connectivity index (χ0n) is 20.3. The molecule has 1 unspecified atom stereocenters. The van der Waals surface area contributed by atoms with Crippen LogP contribution in [0.3, 0.4) is 0 Å². The molecule has 0 bridgehead atoms. The topological polar surface area (TPSA) is 79.7 Å². The van der Waals surface area contributed by atoms with Gasteiger partial charge in [-0.05, 0) is 47.7 Å². The fraction of sp³-hybridized carbons (Fsp3) is 0.276. The average molecular weight is 471 g/mol. The summed E-state index contributed by atoms with van der Waals surface area (Å²) >= 11 is 0. The van der Waals surface area contributed by atoms with Crippen molar-refractivity contribution < 1.29 is 19.4 Å². The van der Waals surface area contributed by atoms with Gasteiger partial charge in [0.25, 0.3) is 11.7 Å². The average Bonchev–Trinajstić information content (AvgIpc) is 3.12. The van der Waals surface area contributed by atoms with Gasteiger partial charge in [0.2, 0.25) is 0 Å². The lowest BCUT2D eigenvalue weighted by molar-refractivity contribution is -0.140. The summed E-state index contributed by atoms with van der Waals surface area (Å²) in [6, 6.07) is 19.5. The van der Waals surface area contributed by atoms with E-state index in [1.807, 2.05) is 43.3 Å². The highest BCUT2D eigenvalue weighted by atomic mass is 16.5. The van der Waals surface area contributed by atoms with Crippen molar-refractivity contribution in [2.24, 2.45) is 0 Å². The van der Waals surface area contributed by atoms with Gasteiger partial charge in [-0.15, -0.1) is 0 Å². The number of aromatic nitrogens is 1. The van der Waals surface area contributed by atoms with E-state index in [4.69, 9.17) is 4.74 Å². The van der Waals surface area contributed by atoms with Gasteiger partial charge < -0.3 is 14.7 Å². The number of ether oxygens (including phenoxy) is 1. The molecular formula is C29H30N2O4. The number of pyridine rings is 1. The largest absolute Gasteiger partial charge is 0.507 e. The SMILES string of the molecule is CCCOc1cccc(/C(O)=C2/C(=O)C(=O)N(Cc3ccccn3)C2c2ccc(C(C)C)cc2)c1. The molecule has 6 nitrogen and oxygen atoms in total. The Balaban J connectivity index is 1.82. The van der Waals surface area contributed by atoms with Crippen LogP contribution in [-0.2, 0) is 16.1 Å². The first kappa shape index (κ1) is 24.2. The standard InChI is InChI=1S/C29H30N2O4/c1-4-16-35-24-10-7-8-22(17-24)27(32)25-26(21-13-11-20(12-14-21)19(2)3)31(29(34)28(25)33)18-23-9-5-6-15-30-23/h5-15,17,19,26,32H,4,16,18H2,1-3H3/b27-25-. The number of amides is 1. The quantitative estimate of drug-likeness (QED) is 0.263. The highest BCUT2D eigenvalue weighted by Crippen LogP contribution is 2.40. The fourth-order valence-corrected chi connectivity index (χ4v) is 4.23. The number of aliphatic hydroxyl groups excluding tert-OH is 1. The Bertz CT molecular complexity index is 1230. The normalized spacial score (nSPS) is 17.3. The molecule has 35 heavy (non-hydrogen) atoms. The monoisotopic (exact) mass is 470 g/mol. The summed E-state index contributed by atoms with van der Waals surface area (Å²) in [4.78, 5) is 32.3. The van der Waals surface area contributed by atoms with Crippen molar-refractivity contribution >= 4 is 17.4 Å². The number of benzene rings is 2. The minimum absolute atomic E-state index is 0.0656. The Labute approximate surface area is 205 Å². The molecule has 1 N–H and O–H groups in total. The summed E-state index contributed by atoms with van der Waals surface area (Å²) in [5, 5.41) is 11.3. The van der Waals surface area contributed by atoms with Crippen molar-refractivity contribution in [1.82, 2.24) is 9.88 Å². The predicted octanol–water partition coefficient (Wildman–Crippen LogP) is 5.62. The fourth-order valence-electron chi connectivity index (χ4n) is 4.23. The highest BCUT2D eigenvalue weighted by Gasteiger charge is 2.46. The van der Waals surface area contributed by atoms with E-state index in [0.717, 1.165) is 17.5 Å². The summed E-state index contributed by atoms with van der Waals surface area (Å²) in [5.41, 5.74) is 3.06. The van der Waals surface area contributed by atoms with Gasteiger partial charge in [0.1, 0.15) is 11.5 Å². The Hall–Kier alpha value is -3.93. The number of carbonyl (C=O) groups excluding carboxylic acids is 2. The third-order valence-corrected chi connectivity index (χ3v) is 6.10. The lowest BCUT2D eigenvalue weighted by atomic mass is 9.93. The summed E-state index contributed by atoms with van der Waals surface area (Å²) in [6.45, 7) is 6.92. The van der Waals surface area contributed by atoms with E-state index in [1.165, 1.54) is 4.90 Å². The maximum absolute atomic E-state index is 13.3. The van der Waals surface area contributed by atoms with E-state index in [2.05, 4.69) is 18.8 Å². The van der Waals surface area contributed by atoms with Gasteiger partial charge >= 0.3 is 0 Å². The van der Waals surface area contributed by atoms with E-state index in [1.54, 1.807) is 36.5 Å². The molecule has 180 valence electrons. The van der Waals surface area contributed by atoms with E-state index in [0.29, 0.717) is 29.5 Å². The molecule has 1 fully saturated rings. The zero-order chi connectivity index (χ0) is 24.9. The zero-order valence-corrected chi connectivity index (χ0v) is 20.3. The number of nitrogens with zero attached hydrogens (tertiary/aromatic N) is 2. The van der Waals surface area contributed by atoms with Crippen LogP contribution in [0.5, 0.6) is 5.75 Å². The van der Waals surface area contributed by atoms with Crippen LogP contribution < -0.4 is 4.74 Å². The maximum Gasteiger partial charge on any atom is 0.296 e.